The van der Waals surface area contributed by atoms with Crippen molar-refractivity contribution in [2.24, 2.45) is 4.99 Å². The summed E-state index contributed by atoms with van der Waals surface area (Å²) >= 11 is 0. The minimum atomic E-state index is -3.01. The van der Waals surface area contributed by atoms with Crippen molar-refractivity contribution in [3.8, 4) is 0 Å². The van der Waals surface area contributed by atoms with Gasteiger partial charge in [-0.3, -0.25) is 4.99 Å². The van der Waals surface area contributed by atoms with Crippen molar-refractivity contribution in [1.82, 2.24) is 14.9 Å². The summed E-state index contributed by atoms with van der Waals surface area (Å²) in [4.78, 5) is 4.16. The number of guanidine groups is 1. The van der Waals surface area contributed by atoms with Gasteiger partial charge < -0.3 is 15.4 Å². The van der Waals surface area contributed by atoms with Crippen molar-refractivity contribution in [3.05, 3.63) is 0 Å². The van der Waals surface area contributed by atoms with E-state index in [9.17, 15) is 8.42 Å². The lowest BCUT2D eigenvalue weighted by molar-refractivity contribution is 0.0277. The van der Waals surface area contributed by atoms with Crippen LogP contribution in [-0.4, -0.2) is 70.4 Å². The standard InChI is InChI=1S/C16H32N4O3S/c1-17-16(19-10-12-20-11-6-14-24(20,21)22)18-9-5-13-23-15-7-3-2-4-8-15/h15H,2-14H2,1H3,(H2,17,18,19). The van der Waals surface area contributed by atoms with Crippen LogP contribution in [0.1, 0.15) is 44.9 Å². The van der Waals surface area contributed by atoms with Crippen molar-refractivity contribution >= 4 is 16.0 Å². The molecule has 0 aromatic carbocycles. The first-order chi connectivity index (χ1) is 11.6. The average Bonchev–Trinajstić information content (AvgIpc) is 2.92. The lowest BCUT2D eigenvalue weighted by Crippen LogP contribution is -2.42. The van der Waals surface area contributed by atoms with Gasteiger partial charge >= 0.3 is 0 Å². The van der Waals surface area contributed by atoms with Crippen LogP contribution >= 0.6 is 0 Å². The molecule has 1 heterocycles. The van der Waals surface area contributed by atoms with Crippen LogP contribution in [0.4, 0.5) is 0 Å². The van der Waals surface area contributed by atoms with Crippen LogP contribution in [0.3, 0.4) is 0 Å². The van der Waals surface area contributed by atoms with Crippen LogP contribution in [-0.2, 0) is 14.8 Å². The first-order valence-corrected chi connectivity index (χ1v) is 10.8. The SMILES string of the molecule is CN=C(NCCCOC1CCCCC1)NCCN1CCCS1(=O)=O. The highest BCUT2D eigenvalue weighted by Crippen LogP contribution is 2.20. The number of nitrogens with one attached hydrogen (secondary N) is 2. The second kappa shape index (κ2) is 10.2. The predicted octanol–water partition coefficient (Wildman–Crippen LogP) is 0.926. The van der Waals surface area contributed by atoms with Crippen LogP contribution in [0.5, 0.6) is 0 Å². The molecule has 0 aromatic heterocycles. The summed E-state index contributed by atoms with van der Waals surface area (Å²) < 4.78 is 30.9. The van der Waals surface area contributed by atoms with Gasteiger partial charge in [-0.15, -0.1) is 0 Å². The smallest absolute Gasteiger partial charge is 0.214 e. The Kier molecular flexibility index (Phi) is 8.28. The molecule has 1 aliphatic carbocycles. The van der Waals surface area contributed by atoms with E-state index >= 15 is 0 Å². The van der Waals surface area contributed by atoms with Gasteiger partial charge in [-0.05, 0) is 25.7 Å². The van der Waals surface area contributed by atoms with Crippen molar-refractivity contribution in [1.29, 1.82) is 0 Å². The zero-order valence-corrected chi connectivity index (χ0v) is 15.6. The van der Waals surface area contributed by atoms with Crippen molar-refractivity contribution < 1.29 is 13.2 Å². The zero-order valence-electron chi connectivity index (χ0n) is 14.8. The molecule has 140 valence electrons. The molecular weight excluding hydrogens is 328 g/mol. The summed E-state index contributed by atoms with van der Waals surface area (Å²) in [6.07, 6.45) is 8.49. The summed E-state index contributed by atoms with van der Waals surface area (Å²) in [6, 6.07) is 0. The highest BCUT2D eigenvalue weighted by molar-refractivity contribution is 7.89. The van der Waals surface area contributed by atoms with Gasteiger partial charge in [0.15, 0.2) is 5.96 Å². The minimum Gasteiger partial charge on any atom is -0.378 e. The lowest BCUT2D eigenvalue weighted by Gasteiger charge is -2.22. The van der Waals surface area contributed by atoms with Gasteiger partial charge in [0.2, 0.25) is 10.0 Å². The molecule has 2 rings (SSSR count). The Labute approximate surface area is 146 Å². The quantitative estimate of drug-likeness (QED) is 0.382. The molecule has 8 heteroatoms. The predicted molar refractivity (Wildman–Crippen MR) is 96.8 cm³/mol. The molecule has 1 aliphatic heterocycles. The molecule has 2 aliphatic rings. The van der Waals surface area contributed by atoms with Gasteiger partial charge in [0.05, 0.1) is 11.9 Å². The van der Waals surface area contributed by atoms with E-state index in [1.54, 1.807) is 11.4 Å². The Bertz CT molecular complexity index is 490. The van der Waals surface area contributed by atoms with Crippen molar-refractivity contribution in [2.75, 3.05) is 45.6 Å². The number of hydrogen-bond donors (Lipinski definition) is 2. The number of ether oxygens (including phenoxy) is 1. The maximum Gasteiger partial charge on any atom is 0.214 e. The first-order valence-electron chi connectivity index (χ1n) is 9.16. The highest BCUT2D eigenvalue weighted by Gasteiger charge is 2.27. The fourth-order valence-corrected chi connectivity index (χ4v) is 4.75. The van der Waals surface area contributed by atoms with E-state index in [4.69, 9.17) is 4.74 Å². The molecule has 24 heavy (non-hydrogen) atoms. The molecule has 0 amide bonds. The molecule has 7 nitrogen and oxygen atoms in total. The van der Waals surface area contributed by atoms with Crippen LogP contribution in [0, 0.1) is 0 Å². The maximum atomic E-state index is 11.7. The van der Waals surface area contributed by atoms with Crippen LogP contribution in [0.15, 0.2) is 4.99 Å². The Morgan fingerprint density at radius 1 is 1.17 bits per heavy atom. The lowest BCUT2D eigenvalue weighted by atomic mass is 9.98. The van der Waals surface area contributed by atoms with E-state index < -0.39 is 10.0 Å². The fraction of sp³-hybridized carbons (Fsp3) is 0.938. The van der Waals surface area contributed by atoms with Crippen molar-refractivity contribution in [3.63, 3.8) is 0 Å². The molecule has 0 atom stereocenters. The van der Waals surface area contributed by atoms with Crippen molar-refractivity contribution in [2.45, 2.75) is 51.0 Å². The van der Waals surface area contributed by atoms with E-state index in [0.717, 1.165) is 26.0 Å². The second-order valence-electron chi connectivity index (χ2n) is 6.48. The third-order valence-electron chi connectivity index (χ3n) is 4.60. The van der Waals surface area contributed by atoms with Crippen LogP contribution < -0.4 is 10.6 Å². The van der Waals surface area contributed by atoms with E-state index in [0.29, 0.717) is 31.7 Å². The normalized spacial score (nSPS) is 22.6. The summed E-state index contributed by atoms with van der Waals surface area (Å²) in [5.41, 5.74) is 0. The van der Waals surface area contributed by atoms with Gasteiger partial charge in [-0.25, -0.2) is 12.7 Å². The first kappa shape index (κ1) is 19.5. The van der Waals surface area contributed by atoms with Crippen LogP contribution in [0.25, 0.3) is 0 Å². The van der Waals surface area contributed by atoms with E-state index in [1.807, 2.05) is 0 Å². The Morgan fingerprint density at radius 2 is 1.92 bits per heavy atom. The van der Waals surface area contributed by atoms with Gasteiger partial charge in [-0.2, -0.15) is 0 Å². The molecule has 0 radical (unpaired) electrons. The zero-order chi connectivity index (χ0) is 17.3. The topological polar surface area (TPSA) is 83.0 Å². The van der Waals surface area contributed by atoms with Gasteiger partial charge in [0, 0.05) is 39.8 Å². The van der Waals surface area contributed by atoms with Crippen LogP contribution in [0.2, 0.25) is 0 Å². The molecule has 0 unspecified atom stereocenters. The third-order valence-corrected chi connectivity index (χ3v) is 6.56. The molecule has 2 fully saturated rings. The number of hydrogen-bond acceptors (Lipinski definition) is 4. The number of nitrogens with zero attached hydrogens (tertiary/aromatic N) is 2. The monoisotopic (exact) mass is 360 g/mol. The summed E-state index contributed by atoms with van der Waals surface area (Å²) in [5, 5.41) is 6.41. The van der Waals surface area contributed by atoms with E-state index in [1.165, 1.54) is 32.1 Å². The molecule has 2 N–H and O–H groups in total. The molecule has 0 bridgehead atoms. The molecule has 1 saturated heterocycles. The maximum absolute atomic E-state index is 11.7. The summed E-state index contributed by atoms with van der Waals surface area (Å²) in [7, 11) is -1.29. The van der Waals surface area contributed by atoms with E-state index in [2.05, 4.69) is 15.6 Å². The average molecular weight is 361 g/mol. The Hall–Kier alpha value is -0.860. The summed E-state index contributed by atoms with van der Waals surface area (Å²) in [5.74, 6) is 0.991. The Morgan fingerprint density at radius 3 is 2.58 bits per heavy atom. The van der Waals surface area contributed by atoms with Gasteiger partial charge in [-0.1, -0.05) is 19.3 Å². The highest BCUT2D eigenvalue weighted by atomic mass is 32.2. The fourth-order valence-electron chi connectivity index (χ4n) is 3.22. The molecule has 0 aromatic rings. The largest absolute Gasteiger partial charge is 0.378 e. The molecule has 1 saturated carbocycles. The second-order valence-corrected chi connectivity index (χ2v) is 8.57. The third kappa shape index (κ3) is 6.57. The van der Waals surface area contributed by atoms with Gasteiger partial charge in [0.1, 0.15) is 0 Å². The Balaban J connectivity index is 1.52. The number of sulfonamides is 1. The van der Waals surface area contributed by atoms with Gasteiger partial charge in [0.25, 0.3) is 0 Å². The molecular formula is C16H32N4O3S. The minimum absolute atomic E-state index is 0.279. The summed E-state index contributed by atoms with van der Waals surface area (Å²) in [6.45, 7) is 3.27. The number of rotatable bonds is 8. The number of aliphatic imine (C=N–C) groups is 1. The van der Waals surface area contributed by atoms with E-state index in [-0.39, 0.29) is 5.75 Å². The molecule has 0 spiro atoms.